The Balaban J connectivity index is 2.06. The largest absolute Gasteiger partial charge is 0.496 e. The summed E-state index contributed by atoms with van der Waals surface area (Å²) in [5, 5.41) is 0.335. The van der Waals surface area contributed by atoms with Crippen LogP contribution >= 0.6 is 27.5 Å². The van der Waals surface area contributed by atoms with E-state index < -0.39 is 0 Å². The molecule has 0 radical (unpaired) electrons. The third-order valence-electron chi connectivity index (χ3n) is 3.87. The Morgan fingerprint density at radius 2 is 2.17 bits per heavy atom. The predicted octanol–water partition coefficient (Wildman–Crippen LogP) is 5.04. The van der Waals surface area contributed by atoms with Crippen LogP contribution in [-0.2, 0) is 6.42 Å². The molecule has 0 saturated heterocycles. The zero-order chi connectivity index (χ0) is 13.1. The number of methoxy groups -OCH3 is 1. The van der Waals surface area contributed by atoms with Crippen molar-refractivity contribution in [2.45, 2.75) is 38.0 Å². The van der Waals surface area contributed by atoms with Crippen LogP contribution in [0, 0.1) is 11.8 Å². The summed E-state index contributed by atoms with van der Waals surface area (Å²) in [6.07, 6.45) is 4.75. The molecule has 2 rings (SSSR count). The number of halogens is 2. The molecule has 1 fully saturated rings. The van der Waals surface area contributed by atoms with E-state index >= 15 is 0 Å². The van der Waals surface area contributed by atoms with Crippen molar-refractivity contribution >= 4 is 27.5 Å². The summed E-state index contributed by atoms with van der Waals surface area (Å²) < 4.78 is 6.28. The summed E-state index contributed by atoms with van der Waals surface area (Å²) in [6, 6.07) is 6.32. The predicted molar refractivity (Wildman–Crippen MR) is 80.5 cm³/mol. The van der Waals surface area contributed by atoms with Crippen molar-refractivity contribution in [1.82, 2.24) is 0 Å². The molecule has 3 atom stereocenters. The molecule has 3 unspecified atom stereocenters. The van der Waals surface area contributed by atoms with Crippen molar-refractivity contribution in [2.24, 2.45) is 11.8 Å². The normalized spacial score (nSPS) is 28.1. The van der Waals surface area contributed by atoms with Crippen molar-refractivity contribution in [1.29, 1.82) is 0 Å². The molecule has 100 valence electrons. The molecule has 0 aliphatic heterocycles. The Morgan fingerprint density at radius 1 is 1.39 bits per heavy atom. The average molecular weight is 332 g/mol. The molecule has 1 saturated carbocycles. The van der Waals surface area contributed by atoms with E-state index in [1.807, 2.05) is 6.07 Å². The highest BCUT2D eigenvalue weighted by molar-refractivity contribution is 9.10. The lowest BCUT2D eigenvalue weighted by Gasteiger charge is -2.31. The molecule has 0 bridgehead atoms. The highest BCUT2D eigenvalue weighted by atomic mass is 79.9. The van der Waals surface area contributed by atoms with Crippen molar-refractivity contribution in [3.63, 3.8) is 0 Å². The van der Waals surface area contributed by atoms with Gasteiger partial charge in [-0.15, -0.1) is 11.6 Å². The van der Waals surface area contributed by atoms with Gasteiger partial charge in [0.25, 0.3) is 0 Å². The molecule has 0 spiro atoms. The highest BCUT2D eigenvalue weighted by Gasteiger charge is 2.27. The van der Waals surface area contributed by atoms with Gasteiger partial charge in [0.15, 0.2) is 0 Å². The smallest absolute Gasteiger partial charge is 0.133 e. The first-order chi connectivity index (χ1) is 8.60. The van der Waals surface area contributed by atoms with E-state index in [-0.39, 0.29) is 0 Å². The molecule has 18 heavy (non-hydrogen) atoms. The van der Waals surface area contributed by atoms with E-state index in [4.69, 9.17) is 16.3 Å². The SMILES string of the molecule is COc1ccc(CC2CC(C)CCC2Cl)cc1Br. The van der Waals surface area contributed by atoms with E-state index in [0.29, 0.717) is 11.3 Å². The Bertz CT molecular complexity index is 407. The van der Waals surface area contributed by atoms with E-state index in [1.54, 1.807) is 7.11 Å². The first-order valence-corrected chi connectivity index (χ1v) is 7.79. The van der Waals surface area contributed by atoms with Gasteiger partial charge in [-0.05, 0) is 71.1 Å². The Morgan fingerprint density at radius 3 is 2.83 bits per heavy atom. The van der Waals surface area contributed by atoms with Crippen LogP contribution in [0.25, 0.3) is 0 Å². The highest BCUT2D eigenvalue weighted by Crippen LogP contribution is 2.35. The van der Waals surface area contributed by atoms with Gasteiger partial charge in [0.2, 0.25) is 0 Å². The topological polar surface area (TPSA) is 9.23 Å². The molecular weight excluding hydrogens is 312 g/mol. The fraction of sp³-hybridized carbons (Fsp3) is 0.600. The van der Waals surface area contributed by atoms with Gasteiger partial charge in [-0.1, -0.05) is 13.0 Å². The van der Waals surface area contributed by atoms with Crippen molar-refractivity contribution in [3.8, 4) is 5.75 Å². The summed E-state index contributed by atoms with van der Waals surface area (Å²) in [5.41, 5.74) is 1.34. The zero-order valence-electron chi connectivity index (χ0n) is 11.0. The first-order valence-electron chi connectivity index (χ1n) is 6.56. The lowest BCUT2D eigenvalue weighted by Crippen LogP contribution is -2.25. The number of hydrogen-bond acceptors (Lipinski definition) is 1. The third kappa shape index (κ3) is 3.42. The van der Waals surface area contributed by atoms with E-state index in [0.717, 1.165) is 29.0 Å². The Kier molecular flexibility index (Phi) is 4.97. The van der Waals surface area contributed by atoms with Crippen LogP contribution in [-0.4, -0.2) is 12.5 Å². The summed E-state index contributed by atoms with van der Waals surface area (Å²) >= 11 is 10.0. The molecule has 1 aromatic rings. The fourth-order valence-electron chi connectivity index (χ4n) is 2.81. The van der Waals surface area contributed by atoms with Gasteiger partial charge < -0.3 is 4.74 Å². The van der Waals surface area contributed by atoms with Gasteiger partial charge in [0.05, 0.1) is 11.6 Å². The molecule has 1 aromatic carbocycles. The number of alkyl halides is 1. The van der Waals surface area contributed by atoms with Gasteiger partial charge in [-0.2, -0.15) is 0 Å². The average Bonchev–Trinajstić information content (AvgIpc) is 2.34. The maximum absolute atomic E-state index is 6.46. The van der Waals surface area contributed by atoms with Crippen molar-refractivity contribution in [3.05, 3.63) is 28.2 Å². The number of benzene rings is 1. The van der Waals surface area contributed by atoms with Crippen LogP contribution < -0.4 is 4.74 Å². The molecule has 0 N–H and O–H groups in total. The third-order valence-corrected chi connectivity index (χ3v) is 5.06. The van der Waals surface area contributed by atoms with E-state index in [1.165, 1.54) is 18.4 Å². The minimum absolute atomic E-state index is 0.335. The first kappa shape index (κ1) is 14.2. The Hall–Kier alpha value is -0.210. The maximum Gasteiger partial charge on any atom is 0.133 e. The maximum atomic E-state index is 6.46. The summed E-state index contributed by atoms with van der Waals surface area (Å²) in [7, 11) is 1.69. The lowest BCUT2D eigenvalue weighted by atomic mass is 9.79. The van der Waals surface area contributed by atoms with Gasteiger partial charge in [0.1, 0.15) is 5.75 Å². The molecular formula is C15H20BrClO. The molecule has 1 aliphatic carbocycles. The quantitative estimate of drug-likeness (QED) is 0.705. The number of ether oxygens (including phenoxy) is 1. The molecule has 0 heterocycles. The van der Waals surface area contributed by atoms with Gasteiger partial charge in [-0.3, -0.25) is 0 Å². The fourth-order valence-corrected chi connectivity index (χ4v) is 3.72. The molecule has 3 heteroatoms. The second-order valence-electron chi connectivity index (χ2n) is 5.37. The minimum Gasteiger partial charge on any atom is -0.496 e. The Labute approximate surface area is 123 Å². The zero-order valence-corrected chi connectivity index (χ0v) is 13.3. The second-order valence-corrected chi connectivity index (χ2v) is 6.78. The van der Waals surface area contributed by atoms with Gasteiger partial charge in [-0.25, -0.2) is 0 Å². The van der Waals surface area contributed by atoms with Crippen LogP contribution in [0.3, 0.4) is 0 Å². The summed E-state index contributed by atoms with van der Waals surface area (Å²) in [6.45, 7) is 2.33. The van der Waals surface area contributed by atoms with Crippen LogP contribution in [0.1, 0.15) is 31.7 Å². The number of hydrogen-bond donors (Lipinski definition) is 0. The monoisotopic (exact) mass is 330 g/mol. The van der Waals surface area contributed by atoms with Crippen LogP contribution in [0.5, 0.6) is 5.75 Å². The molecule has 1 aliphatic rings. The second kappa shape index (κ2) is 6.29. The van der Waals surface area contributed by atoms with Crippen molar-refractivity contribution in [2.75, 3.05) is 7.11 Å². The molecule has 1 nitrogen and oxygen atoms in total. The van der Waals surface area contributed by atoms with Crippen molar-refractivity contribution < 1.29 is 4.74 Å². The molecule has 0 aromatic heterocycles. The van der Waals surface area contributed by atoms with Gasteiger partial charge >= 0.3 is 0 Å². The molecule has 0 amide bonds. The minimum atomic E-state index is 0.335. The van der Waals surface area contributed by atoms with Gasteiger partial charge in [0, 0.05) is 5.38 Å². The lowest BCUT2D eigenvalue weighted by molar-refractivity contribution is 0.287. The number of rotatable bonds is 3. The van der Waals surface area contributed by atoms with Crippen LogP contribution in [0.2, 0.25) is 0 Å². The standard InChI is InChI=1S/C15H20BrClO/c1-10-3-5-14(17)12(7-10)8-11-4-6-15(18-2)13(16)9-11/h4,6,9-10,12,14H,3,5,7-8H2,1-2H3. The van der Waals surface area contributed by atoms with Crippen LogP contribution in [0.4, 0.5) is 0 Å². The summed E-state index contributed by atoms with van der Waals surface area (Å²) in [5.74, 6) is 2.31. The van der Waals surface area contributed by atoms with E-state index in [9.17, 15) is 0 Å². The summed E-state index contributed by atoms with van der Waals surface area (Å²) in [4.78, 5) is 0. The van der Waals surface area contributed by atoms with Crippen LogP contribution in [0.15, 0.2) is 22.7 Å². The van der Waals surface area contributed by atoms with E-state index in [2.05, 4.69) is 35.0 Å².